The maximum Gasteiger partial charge on any atom is 0.328 e. The van der Waals surface area contributed by atoms with Crippen LogP contribution in [0.25, 0.3) is 0 Å². The second-order valence-electron chi connectivity index (χ2n) is 15.5. The Bertz CT molecular complexity index is 1730. The fraction of sp³-hybridized carbons (Fsp3) is 0.500. The molecule has 0 aliphatic carbocycles. The van der Waals surface area contributed by atoms with E-state index in [-0.39, 0.29) is 5.43 Å². The molecule has 0 bridgehead atoms. The van der Waals surface area contributed by atoms with E-state index in [9.17, 15) is 24.0 Å². The lowest BCUT2D eigenvalue weighted by atomic mass is 10.0. The summed E-state index contributed by atoms with van der Waals surface area (Å²) in [5.41, 5.74) is 3.52. The van der Waals surface area contributed by atoms with Gasteiger partial charge in [-0.25, -0.2) is 19.2 Å². The van der Waals surface area contributed by atoms with Gasteiger partial charge in [-0.05, 0) is 44.1 Å². The van der Waals surface area contributed by atoms with Gasteiger partial charge in [-0.1, -0.05) is 164 Å². The molecule has 2 aromatic carbocycles. The first kappa shape index (κ1) is 55.5. The monoisotopic (exact) mass is 876 g/mol. The second kappa shape index (κ2) is 37.1. The van der Waals surface area contributed by atoms with Crippen LogP contribution in [0.2, 0.25) is 0 Å². The molecule has 0 aliphatic rings. The number of carboxylic acid groups (broad SMARTS) is 4. The number of carboxylic acids is 4. The van der Waals surface area contributed by atoms with Crippen molar-refractivity contribution in [2.45, 2.75) is 136 Å². The van der Waals surface area contributed by atoms with Gasteiger partial charge in [0.2, 0.25) is 5.43 Å². The highest BCUT2D eigenvalue weighted by Gasteiger charge is 2.10. The van der Waals surface area contributed by atoms with Gasteiger partial charge in [-0.2, -0.15) is 0 Å². The lowest BCUT2D eigenvalue weighted by Gasteiger charge is -2.18. The Morgan fingerprint density at radius 3 is 1.49 bits per heavy atom. The van der Waals surface area contributed by atoms with Crippen molar-refractivity contribution < 1.29 is 44.3 Å². The summed E-state index contributed by atoms with van der Waals surface area (Å²) in [5, 5.41) is 34.8. The first-order valence-corrected chi connectivity index (χ1v) is 22.5. The number of carbonyl (C=O) groups is 4. The van der Waals surface area contributed by atoms with Gasteiger partial charge in [0.15, 0.2) is 5.75 Å². The third kappa shape index (κ3) is 32.8. The van der Waals surface area contributed by atoms with Crippen molar-refractivity contribution in [1.29, 1.82) is 0 Å². The van der Waals surface area contributed by atoms with E-state index in [1.807, 2.05) is 12.3 Å². The SMILES string of the molecule is CCCCCCCCCCCCCCCCCCOc1cn(Cc2ccccc2)c(CNCCCN(C)Cc2ccccc2)cc1=O.O=C(O)/C=C/C(=O)O.O=C(O)/C=C/C(=O)O. The van der Waals surface area contributed by atoms with Crippen LogP contribution in [0, 0.1) is 0 Å². The summed E-state index contributed by atoms with van der Waals surface area (Å²) in [6.45, 7) is 7.14. The van der Waals surface area contributed by atoms with E-state index < -0.39 is 23.9 Å². The highest BCUT2D eigenvalue weighted by atomic mass is 16.5. The molecular formula is C50H73N3O10. The number of aliphatic carboxylic acids is 4. The third-order valence-corrected chi connectivity index (χ3v) is 9.87. The Kier molecular flexibility index (Phi) is 32.6. The molecule has 13 heteroatoms. The van der Waals surface area contributed by atoms with Crippen molar-refractivity contribution in [3.05, 3.63) is 124 Å². The van der Waals surface area contributed by atoms with Crippen LogP contribution in [0.5, 0.6) is 5.75 Å². The topological polar surface area (TPSA) is 196 Å². The van der Waals surface area contributed by atoms with E-state index in [0.717, 1.165) is 38.2 Å². The Balaban J connectivity index is 0.00000104. The van der Waals surface area contributed by atoms with E-state index in [2.05, 4.69) is 83.4 Å². The predicted molar refractivity (Wildman–Crippen MR) is 249 cm³/mol. The first-order valence-electron chi connectivity index (χ1n) is 22.5. The quantitative estimate of drug-likeness (QED) is 0.0295. The smallest absolute Gasteiger partial charge is 0.328 e. The van der Waals surface area contributed by atoms with E-state index in [0.29, 0.717) is 49.7 Å². The molecule has 0 saturated carbocycles. The van der Waals surface area contributed by atoms with Gasteiger partial charge in [-0.15, -0.1) is 0 Å². The molecule has 0 aliphatic heterocycles. The van der Waals surface area contributed by atoms with E-state index >= 15 is 0 Å². The first-order chi connectivity index (χ1) is 30.4. The van der Waals surface area contributed by atoms with Crippen molar-refractivity contribution in [3.8, 4) is 5.75 Å². The number of pyridine rings is 1. The number of benzene rings is 2. The molecule has 0 fully saturated rings. The van der Waals surface area contributed by atoms with Crippen LogP contribution < -0.4 is 15.5 Å². The standard InChI is InChI=1S/C42H65N3O2.2C4H4O4/c1-3-4-5-6-7-8-9-10-11-12-13-14-15-16-17-24-32-47-42-37-45(36-39-28-22-19-23-29-39)40(33-41(42)46)34-43-30-25-31-44(2)35-38-26-20-18-21-27-38;2*5-3(6)1-2-4(7)8/h18-23,26-29,33,37,43H,3-17,24-25,30-32,34-36H2,1-2H3;2*1-2H,(H,5,6)(H,7,8)/b;2*2-1+. The van der Waals surface area contributed by atoms with E-state index in [1.165, 1.54) is 107 Å². The minimum Gasteiger partial charge on any atom is -0.488 e. The highest BCUT2D eigenvalue weighted by molar-refractivity contribution is 5.90. The molecule has 3 aromatic rings. The minimum atomic E-state index is -1.26. The largest absolute Gasteiger partial charge is 0.488 e. The zero-order valence-corrected chi connectivity index (χ0v) is 37.6. The Morgan fingerprint density at radius 1 is 0.619 bits per heavy atom. The molecule has 0 amide bonds. The molecule has 63 heavy (non-hydrogen) atoms. The zero-order valence-electron chi connectivity index (χ0n) is 37.6. The van der Waals surface area contributed by atoms with Crippen LogP contribution in [0.4, 0.5) is 0 Å². The van der Waals surface area contributed by atoms with Crippen LogP contribution in [0.15, 0.2) is 102 Å². The van der Waals surface area contributed by atoms with Gasteiger partial charge in [0.1, 0.15) is 0 Å². The number of aromatic nitrogens is 1. The van der Waals surface area contributed by atoms with Gasteiger partial charge in [-0.3, -0.25) is 4.79 Å². The molecule has 348 valence electrons. The lowest BCUT2D eigenvalue weighted by molar-refractivity contribution is -0.134. The molecule has 0 atom stereocenters. The van der Waals surface area contributed by atoms with Crippen LogP contribution in [0.3, 0.4) is 0 Å². The van der Waals surface area contributed by atoms with Crippen molar-refractivity contribution in [2.75, 3.05) is 26.7 Å². The number of hydrogen-bond acceptors (Lipinski definition) is 8. The van der Waals surface area contributed by atoms with E-state index in [1.54, 1.807) is 6.07 Å². The van der Waals surface area contributed by atoms with Crippen LogP contribution >= 0.6 is 0 Å². The maximum absolute atomic E-state index is 13.0. The fourth-order valence-corrected chi connectivity index (χ4v) is 6.56. The van der Waals surface area contributed by atoms with Crippen LogP contribution in [0.1, 0.15) is 133 Å². The zero-order chi connectivity index (χ0) is 46.3. The molecule has 0 spiro atoms. The van der Waals surface area contributed by atoms with Crippen LogP contribution in [-0.4, -0.2) is 80.5 Å². The summed E-state index contributed by atoms with van der Waals surface area (Å²) < 4.78 is 8.22. The van der Waals surface area contributed by atoms with Gasteiger partial charge < -0.3 is 39.9 Å². The van der Waals surface area contributed by atoms with Crippen molar-refractivity contribution in [3.63, 3.8) is 0 Å². The molecule has 13 nitrogen and oxygen atoms in total. The number of ether oxygens (including phenoxy) is 1. The van der Waals surface area contributed by atoms with Gasteiger partial charge in [0.05, 0.1) is 12.8 Å². The van der Waals surface area contributed by atoms with Crippen molar-refractivity contribution in [2.24, 2.45) is 0 Å². The van der Waals surface area contributed by atoms with Gasteiger partial charge >= 0.3 is 23.9 Å². The normalized spacial score (nSPS) is 10.9. The molecule has 5 N–H and O–H groups in total. The summed E-state index contributed by atoms with van der Waals surface area (Å²) in [6, 6.07) is 22.8. The van der Waals surface area contributed by atoms with E-state index in [4.69, 9.17) is 25.2 Å². The number of nitrogens with zero attached hydrogens (tertiary/aromatic N) is 2. The Labute approximate surface area is 374 Å². The summed E-state index contributed by atoms with van der Waals surface area (Å²) in [5.74, 6) is -4.56. The third-order valence-electron chi connectivity index (χ3n) is 9.87. The fourth-order valence-electron chi connectivity index (χ4n) is 6.56. The lowest BCUT2D eigenvalue weighted by Crippen LogP contribution is -2.25. The minimum absolute atomic E-state index is 0.0230. The molecule has 1 aromatic heterocycles. The molecule has 3 rings (SSSR count). The van der Waals surface area contributed by atoms with Gasteiger partial charge in [0, 0.05) is 55.7 Å². The second-order valence-corrected chi connectivity index (χ2v) is 15.5. The Hall–Kier alpha value is -5.53. The number of nitrogens with one attached hydrogen (secondary N) is 1. The maximum atomic E-state index is 13.0. The highest BCUT2D eigenvalue weighted by Crippen LogP contribution is 2.15. The van der Waals surface area contributed by atoms with Crippen LogP contribution in [-0.2, 0) is 38.8 Å². The molecule has 0 unspecified atom stereocenters. The molecule has 0 saturated heterocycles. The Morgan fingerprint density at radius 2 is 1.05 bits per heavy atom. The van der Waals surface area contributed by atoms with Crippen molar-refractivity contribution in [1.82, 2.24) is 14.8 Å². The summed E-state index contributed by atoms with van der Waals surface area (Å²) in [7, 11) is 2.17. The molecule has 1 heterocycles. The molecule has 0 radical (unpaired) electrons. The predicted octanol–water partition coefficient (Wildman–Crippen LogP) is 9.57. The summed E-state index contributed by atoms with van der Waals surface area (Å²) in [6.07, 6.45) is 26.8. The molecular weight excluding hydrogens is 803 g/mol. The average molecular weight is 876 g/mol. The average Bonchev–Trinajstić information content (AvgIpc) is 3.25. The van der Waals surface area contributed by atoms with Crippen molar-refractivity contribution >= 4 is 23.9 Å². The summed E-state index contributed by atoms with van der Waals surface area (Å²) >= 11 is 0. The number of unbranched alkanes of at least 4 members (excludes halogenated alkanes) is 15. The number of hydrogen-bond donors (Lipinski definition) is 5. The summed E-state index contributed by atoms with van der Waals surface area (Å²) in [4.78, 5) is 53.6. The number of rotatable bonds is 32. The van der Waals surface area contributed by atoms with Gasteiger partial charge in [0.25, 0.3) is 0 Å².